The van der Waals surface area contributed by atoms with Gasteiger partial charge in [0.05, 0.1) is 0 Å². The van der Waals surface area contributed by atoms with Gasteiger partial charge in [-0.25, -0.2) is 0 Å². The molecule has 166 valence electrons. The smallest absolute Gasteiger partial charge is 0.224 e. The number of carbonyl (C=O) groups is 7. The van der Waals surface area contributed by atoms with Crippen molar-refractivity contribution in [3.63, 3.8) is 0 Å². The van der Waals surface area contributed by atoms with E-state index in [1.165, 1.54) is 0 Å². The Kier molecular flexibility index (Phi) is 6.01. The minimum Gasteiger partial charge on any atom is -0.376 e. The topological polar surface area (TPSA) is 189 Å². The molecule has 3 atom stereocenters. The number of Topliss-reactive ketones (excluding diaryl/α,β-unsaturated/α-hetero) is 7. The predicted molar refractivity (Wildman–Crippen MR) is 96.2 cm³/mol. The van der Waals surface area contributed by atoms with Crippen LogP contribution in [-0.4, -0.2) is 83.8 Å². The molecule has 0 aliphatic carbocycles. The lowest BCUT2D eigenvalue weighted by atomic mass is 9.56. The Morgan fingerprint density at radius 2 is 0.933 bits per heavy atom. The van der Waals surface area contributed by atoms with Gasteiger partial charge in [-0.05, 0) is 48.5 Å². The molecule has 0 unspecified atom stereocenters. The van der Waals surface area contributed by atoms with Crippen LogP contribution in [0.5, 0.6) is 0 Å². The maximum atomic E-state index is 12.8. The summed E-state index contributed by atoms with van der Waals surface area (Å²) in [5, 5.41) is 33.9. The van der Waals surface area contributed by atoms with Crippen LogP contribution < -0.4 is 0 Å². The molecule has 0 saturated carbocycles. The van der Waals surface area contributed by atoms with E-state index in [0.29, 0.717) is 48.5 Å². The van der Waals surface area contributed by atoms with Crippen LogP contribution >= 0.6 is 0 Å². The van der Waals surface area contributed by atoms with Crippen molar-refractivity contribution in [3.8, 4) is 0 Å². The lowest BCUT2D eigenvalue weighted by Gasteiger charge is -2.47. The van der Waals surface area contributed by atoms with Crippen LogP contribution in [0.25, 0.3) is 0 Å². The van der Waals surface area contributed by atoms with Gasteiger partial charge in [0.15, 0.2) is 40.5 Å². The van der Waals surface area contributed by atoms with Gasteiger partial charge in [-0.2, -0.15) is 0 Å². The fraction of sp³-hybridized carbons (Fsp3) is 0.632. The third kappa shape index (κ3) is 2.31. The monoisotopic (exact) mass is 428 g/mol. The van der Waals surface area contributed by atoms with Crippen molar-refractivity contribution in [3.05, 3.63) is 0 Å². The number of hydrogen-bond acceptors (Lipinski definition) is 11. The van der Waals surface area contributed by atoms with Gasteiger partial charge in [0.2, 0.25) is 28.0 Å². The Bertz CT molecular complexity index is 872. The van der Waals surface area contributed by atoms with Gasteiger partial charge in [-0.3, -0.25) is 33.6 Å². The van der Waals surface area contributed by atoms with Crippen molar-refractivity contribution < 1.29 is 53.6 Å². The second kappa shape index (κ2) is 7.05. The van der Waals surface area contributed by atoms with Crippen molar-refractivity contribution in [2.75, 3.05) is 0 Å². The van der Waals surface area contributed by atoms with Gasteiger partial charge >= 0.3 is 0 Å². The first-order valence-corrected chi connectivity index (χ1v) is 8.76. The molecular weight excluding hydrogens is 404 g/mol. The highest BCUT2D eigenvalue weighted by atomic mass is 16.6. The van der Waals surface area contributed by atoms with Crippen LogP contribution in [0, 0.1) is 0 Å². The fourth-order valence-corrected chi connectivity index (χ4v) is 4.45. The SMILES string of the molecule is CC(=O)C(O)(C(C)=O)[C@@]1(C(C)=O)OC(C(C)=O)(C(C)=O)[C@@](O)(C(C)=O)[C@@]1(O)C(C)=O. The van der Waals surface area contributed by atoms with Crippen LogP contribution in [0.4, 0.5) is 0 Å². The minimum absolute atomic E-state index is 0.562. The Morgan fingerprint density at radius 3 is 1.13 bits per heavy atom. The van der Waals surface area contributed by atoms with Crippen molar-refractivity contribution in [2.24, 2.45) is 0 Å². The van der Waals surface area contributed by atoms with E-state index in [4.69, 9.17) is 4.74 Å². The fourth-order valence-electron chi connectivity index (χ4n) is 4.45. The number of hydrogen-bond donors (Lipinski definition) is 3. The molecule has 0 spiro atoms. The van der Waals surface area contributed by atoms with Crippen molar-refractivity contribution in [2.45, 2.75) is 76.5 Å². The summed E-state index contributed by atoms with van der Waals surface area (Å²) >= 11 is 0. The molecule has 11 nitrogen and oxygen atoms in total. The van der Waals surface area contributed by atoms with E-state index in [0.717, 1.165) is 0 Å². The molecule has 0 radical (unpaired) electrons. The van der Waals surface area contributed by atoms with Gasteiger partial charge < -0.3 is 20.1 Å². The van der Waals surface area contributed by atoms with Crippen LogP contribution in [0.2, 0.25) is 0 Å². The van der Waals surface area contributed by atoms with E-state index in [1.807, 2.05) is 0 Å². The first kappa shape index (κ1) is 25.6. The van der Waals surface area contributed by atoms with Crippen LogP contribution in [0.1, 0.15) is 48.5 Å². The minimum atomic E-state index is -3.89. The lowest BCUT2D eigenvalue weighted by Crippen LogP contribution is -2.82. The molecule has 1 aliphatic rings. The summed E-state index contributed by atoms with van der Waals surface area (Å²) in [4.78, 5) is 88.0. The average molecular weight is 428 g/mol. The molecule has 1 heterocycles. The number of carbonyl (C=O) groups excluding carboxylic acids is 7. The number of rotatable bonds is 8. The molecule has 0 aromatic carbocycles. The first-order chi connectivity index (χ1) is 13.3. The van der Waals surface area contributed by atoms with E-state index < -0.39 is 68.5 Å². The zero-order chi connectivity index (χ0) is 24.2. The molecule has 0 bridgehead atoms. The maximum absolute atomic E-state index is 12.8. The van der Waals surface area contributed by atoms with E-state index in [2.05, 4.69) is 0 Å². The van der Waals surface area contributed by atoms with Crippen molar-refractivity contribution in [1.29, 1.82) is 0 Å². The molecular formula is C19H24O11. The van der Waals surface area contributed by atoms with Crippen molar-refractivity contribution in [1.82, 2.24) is 0 Å². The average Bonchev–Trinajstić information content (AvgIpc) is 2.80. The summed E-state index contributed by atoms with van der Waals surface area (Å²) in [6.07, 6.45) is 0. The zero-order valence-electron chi connectivity index (χ0n) is 17.6. The third-order valence-corrected chi connectivity index (χ3v) is 5.88. The van der Waals surface area contributed by atoms with Gasteiger partial charge in [-0.15, -0.1) is 0 Å². The van der Waals surface area contributed by atoms with Crippen LogP contribution in [0.15, 0.2) is 0 Å². The maximum Gasteiger partial charge on any atom is 0.224 e. The van der Waals surface area contributed by atoms with E-state index in [9.17, 15) is 48.9 Å². The second-order valence-electron chi connectivity index (χ2n) is 7.49. The van der Waals surface area contributed by atoms with E-state index >= 15 is 0 Å². The molecule has 0 amide bonds. The molecule has 1 fully saturated rings. The standard InChI is InChI=1S/C19H24O11/c1-8(20)15(27,9(2)21)19(14(7)26)18(29,13(6)25)17(28,12(5)24)16(30-19,10(3)22)11(4)23/h27-29H,1-7H3/t17-,18-,19+/m0/s1. The predicted octanol–water partition coefficient (Wildman–Crippen LogP) is -2.19. The summed E-state index contributed by atoms with van der Waals surface area (Å²) in [7, 11) is 0. The third-order valence-electron chi connectivity index (χ3n) is 5.88. The quantitative estimate of drug-likeness (QED) is 0.356. The Labute approximate surface area is 171 Å². The second-order valence-corrected chi connectivity index (χ2v) is 7.49. The van der Waals surface area contributed by atoms with Crippen LogP contribution in [-0.2, 0) is 38.3 Å². The van der Waals surface area contributed by atoms with E-state index in [1.54, 1.807) is 0 Å². The Morgan fingerprint density at radius 1 is 0.600 bits per heavy atom. The molecule has 30 heavy (non-hydrogen) atoms. The molecule has 11 heteroatoms. The first-order valence-electron chi connectivity index (χ1n) is 8.76. The summed E-state index contributed by atoms with van der Waals surface area (Å²) in [5.74, 6) is -10.6. The largest absolute Gasteiger partial charge is 0.376 e. The van der Waals surface area contributed by atoms with Crippen molar-refractivity contribution >= 4 is 40.5 Å². The van der Waals surface area contributed by atoms with Gasteiger partial charge in [-0.1, -0.05) is 0 Å². The Balaban J connectivity index is 4.60. The Hall–Kier alpha value is -2.47. The molecule has 0 aromatic heterocycles. The molecule has 1 aliphatic heterocycles. The zero-order valence-corrected chi connectivity index (χ0v) is 17.6. The number of ketones is 7. The van der Waals surface area contributed by atoms with E-state index in [-0.39, 0.29) is 0 Å². The van der Waals surface area contributed by atoms with Gasteiger partial charge in [0.25, 0.3) is 0 Å². The number of ether oxygens (including phenoxy) is 1. The summed E-state index contributed by atoms with van der Waals surface area (Å²) < 4.78 is 5.28. The number of aliphatic hydroxyl groups is 3. The molecule has 3 N–H and O–H groups in total. The normalized spacial score (nSPS) is 30.5. The molecule has 1 saturated heterocycles. The highest BCUT2D eigenvalue weighted by Gasteiger charge is 2.92. The summed E-state index contributed by atoms with van der Waals surface area (Å²) in [6, 6.07) is 0. The molecule has 1 rings (SSSR count). The lowest BCUT2D eigenvalue weighted by molar-refractivity contribution is -0.228. The van der Waals surface area contributed by atoms with Gasteiger partial charge in [0, 0.05) is 0 Å². The highest BCUT2D eigenvalue weighted by Crippen LogP contribution is 2.58. The summed E-state index contributed by atoms with van der Waals surface area (Å²) in [5.41, 5.74) is -18.4. The highest BCUT2D eigenvalue weighted by molar-refractivity contribution is 6.24. The van der Waals surface area contributed by atoms with Crippen LogP contribution in [0.3, 0.4) is 0 Å². The van der Waals surface area contributed by atoms with Gasteiger partial charge in [0.1, 0.15) is 0 Å². The summed E-state index contributed by atoms with van der Waals surface area (Å²) in [6.45, 7) is 4.29. The molecule has 0 aromatic rings.